The number of aliphatic carboxylic acids is 1. The van der Waals surface area contributed by atoms with Gasteiger partial charge in [0.05, 0.1) is 12.0 Å². The van der Waals surface area contributed by atoms with E-state index in [9.17, 15) is 14.7 Å². The summed E-state index contributed by atoms with van der Waals surface area (Å²) in [6.45, 7) is 3.98. The molecule has 2 N–H and O–H groups in total. The third kappa shape index (κ3) is 4.99. The van der Waals surface area contributed by atoms with Crippen LogP contribution in [0.4, 0.5) is 4.79 Å². The Hall–Kier alpha value is -2.04. The summed E-state index contributed by atoms with van der Waals surface area (Å²) in [5.41, 5.74) is 0.950. The van der Waals surface area contributed by atoms with Crippen molar-refractivity contribution < 1.29 is 14.7 Å². The smallest absolute Gasteiger partial charge is 0.315 e. The van der Waals surface area contributed by atoms with Crippen LogP contribution in [0.1, 0.15) is 25.8 Å². The second kappa shape index (κ2) is 7.41. The minimum absolute atomic E-state index is 0.174. The van der Waals surface area contributed by atoms with Gasteiger partial charge in [0.25, 0.3) is 0 Å². The fraction of sp³-hybridized carbons (Fsp3) is 0.429. The SMILES string of the molecule is CC[C@@H](C)[C@H](NC(=O)NCc1ccccc1)C(=O)[O-]. The number of benzene rings is 1. The molecule has 0 saturated heterocycles. The van der Waals surface area contributed by atoms with Crippen LogP contribution in [0.15, 0.2) is 30.3 Å². The third-order valence-corrected chi connectivity index (χ3v) is 3.05. The summed E-state index contributed by atoms with van der Waals surface area (Å²) in [5, 5.41) is 16.0. The molecule has 5 nitrogen and oxygen atoms in total. The highest BCUT2D eigenvalue weighted by molar-refractivity contribution is 5.81. The highest BCUT2D eigenvalue weighted by atomic mass is 16.4. The molecule has 0 aromatic heterocycles. The fourth-order valence-corrected chi connectivity index (χ4v) is 1.64. The number of carbonyl (C=O) groups is 2. The number of amides is 2. The topological polar surface area (TPSA) is 81.3 Å². The Morgan fingerprint density at radius 2 is 1.89 bits per heavy atom. The third-order valence-electron chi connectivity index (χ3n) is 3.05. The van der Waals surface area contributed by atoms with Crippen molar-refractivity contribution in [2.24, 2.45) is 5.92 Å². The molecule has 2 amide bonds. The van der Waals surface area contributed by atoms with E-state index < -0.39 is 18.0 Å². The van der Waals surface area contributed by atoms with Gasteiger partial charge in [-0.1, -0.05) is 50.6 Å². The zero-order valence-corrected chi connectivity index (χ0v) is 11.2. The number of nitrogens with one attached hydrogen (secondary N) is 2. The van der Waals surface area contributed by atoms with Crippen LogP contribution in [-0.4, -0.2) is 18.0 Å². The molecular formula is C14H19N2O3-. The Labute approximate surface area is 113 Å². The summed E-state index contributed by atoms with van der Waals surface area (Å²) in [7, 11) is 0. The maximum absolute atomic E-state index is 11.6. The number of carbonyl (C=O) groups excluding carboxylic acids is 2. The molecule has 2 atom stereocenters. The van der Waals surface area contributed by atoms with E-state index in [0.717, 1.165) is 5.56 Å². The molecule has 5 heteroatoms. The van der Waals surface area contributed by atoms with E-state index in [4.69, 9.17) is 0 Å². The minimum Gasteiger partial charge on any atom is -0.548 e. The van der Waals surface area contributed by atoms with Gasteiger partial charge >= 0.3 is 6.03 Å². The van der Waals surface area contributed by atoms with Crippen LogP contribution in [0.2, 0.25) is 0 Å². The molecule has 0 heterocycles. The first-order chi connectivity index (χ1) is 9.04. The van der Waals surface area contributed by atoms with Crippen molar-refractivity contribution in [2.75, 3.05) is 0 Å². The van der Waals surface area contributed by atoms with Crippen molar-refractivity contribution in [3.8, 4) is 0 Å². The highest BCUT2D eigenvalue weighted by Gasteiger charge is 2.19. The van der Waals surface area contributed by atoms with Crippen molar-refractivity contribution in [2.45, 2.75) is 32.9 Å². The lowest BCUT2D eigenvalue weighted by molar-refractivity contribution is -0.309. The molecule has 0 radical (unpaired) electrons. The van der Waals surface area contributed by atoms with Crippen LogP contribution in [0.25, 0.3) is 0 Å². The Kier molecular flexibility index (Phi) is 5.85. The Morgan fingerprint density at radius 1 is 1.26 bits per heavy atom. The molecule has 0 fully saturated rings. The van der Waals surface area contributed by atoms with Crippen molar-refractivity contribution in [1.82, 2.24) is 10.6 Å². The number of urea groups is 1. The van der Waals surface area contributed by atoms with E-state index in [1.807, 2.05) is 37.3 Å². The summed E-state index contributed by atoms with van der Waals surface area (Å²) >= 11 is 0. The summed E-state index contributed by atoms with van der Waals surface area (Å²) in [6.07, 6.45) is 0.650. The molecule has 1 aromatic carbocycles. The van der Waals surface area contributed by atoms with Gasteiger partial charge in [-0.3, -0.25) is 0 Å². The normalized spacial score (nSPS) is 13.4. The lowest BCUT2D eigenvalue weighted by atomic mass is 9.99. The average molecular weight is 263 g/mol. The van der Waals surface area contributed by atoms with E-state index in [-0.39, 0.29) is 5.92 Å². The van der Waals surface area contributed by atoms with E-state index in [1.165, 1.54) is 0 Å². The van der Waals surface area contributed by atoms with Crippen LogP contribution < -0.4 is 15.7 Å². The maximum Gasteiger partial charge on any atom is 0.315 e. The zero-order chi connectivity index (χ0) is 14.3. The zero-order valence-electron chi connectivity index (χ0n) is 11.2. The summed E-state index contributed by atoms with van der Waals surface area (Å²) in [5.74, 6) is -1.43. The van der Waals surface area contributed by atoms with Gasteiger partial charge in [0.2, 0.25) is 0 Å². The van der Waals surface area contributed by atoms with Crippen molar-refractivity contribution in [3.05, 3.63) is 35.9 Å². The van der Waals surface area contributed by atoms with E-state index in [0.29, 0.717) is 13.0 Å². The van der Waals surface area contributed by atoms with Crippen LogP contribution >= 0.6 is 0 Å². The van der Waals surface area contributed by atoms with Gasteiger partial charge in [0.1, 0.15) is 0 Å². The second-order valence-electron chi connectivity index (χ2n) is 4.49. The van der Waals surface area contributed by atoms with E-state index >= 15 is 0 Å². The molecule has 104 valence electrons. The predicted octanol–water partition coefficient (Wildman–Crippen LogP) is 0.650. The van der Waals surface area contributed by atoms with Gasteiger partial charge in [-0.2, -0.15) is 0 Å². The standard InChI is InChI=1S/C14H20N2O3/c1-3-10(2)12(13(17)18)16-14(19)15-9-11-7-5-4-6-8-11/h4-8,10,12H,3,9H2,1-2H3,(H,17,18)(H2,15,16,19)/p-1/t10-,12+/m1/s1. The molecule has 0 bridgehead atoms. The van der Waals surface area contributed by atoms with Crippen LogP contribution in [-0.2, 0) is 11.3 Å². The summed E-state index contributed by atoms with van der Waals surface area (Å²) in [4.78, 5) is 22.6. The van der Waals surface area contributed by atoms with Crippen LogP contribution in [0, 0.1) is 5.92 Å². The molecule has 1 rings (SSSR count). The lowest BCUT2D eigenvalue weighted by Gasteiger charge is -2.25. The Balaban J connectivity index is 2.47. The lowest BCUT2D eigenvalue weighted by Crippen LogP contribution is -2.53. The first kappa shape index (κ1) is 15.0. The molecule has 19 heavy (non-hydrogen) atoms. The van der Waals surface area contributed by atoms with Crippen LogP contribution in [0.5, 0.6) is 0 Å². The van der Waals surface area contributed by atoms with E-state index in [1.54, 1.807) is 6.92 Å². The molecule has 0 aliphatic carbocycles. The monoisotopic (exact) mass is 263 g/mol. The van der Waals surface area contributed by atoms with Gasteiger partial charge in [-0.25, -0.2) is 4.79 Å². The van der Waals surface area contributed by atoms with E-state index in [2.05, 4.69) is 10.6 Å². The van der Waals surface area contributed by atoms with Crippen molar-refractivity contribution >= 4 is 12.0 Å². The van der Waals surface area contributed by atoms with Gasteiger partial charge in [-0.15, -0.1) is 0 Å². The minimum atomic E-state index is -1.26. The number of rotatable bonds is 6. The molecule has 0 saturated carbocycles. The second-order valence-corrected chi connectivity index (χ2v) is 4.49. The van der Waals surface area contributed by atoms with Gasteiger partial charge < -0.3 is 20.5 Å². The molecular weight excluding hydrogens is 244 g/mol. The van der Waals surface area contributed by atoms with Crippen molar-refractivity contribution in [3.63, 3.8) is 0 Å². The summed E-state index contributed by atoms with van der Waals surface area (Å²) < 4.78 is 0. The summed E-state index contributed by atoms with van der Waals surface area (Å²) in [6, 6.07) is 7.92. The average Bonchev–Trinajstić information content (AvgIpc) is 2.42. The molecule has 0 spiro atoms. The Bertz CT molecular complexity index is 420. The maximum atomic E-state index is 11.6. The van der Waals surface area contributed by atoms with Gasteiger partial charge in [0.15, 0.2) is 0 Å². The quantitative estimate of drug-likeness (QED) is 0.790. The predicted molar refractivity (Wildman–Crippen MR) is 70.1 cm³/mol. The number of carboxylic acids is 1. The Morgan fingerprint density at radius 3 is 2.42 bits per heavy atom. The van der Waals surface area contributed by atoms with Gasteiger partial charge in [-0.05, 0) is 11.5 Å². The number of carboxylic acid groups (broad SMARTS) is 1. The molecule has 0 aliphatic heterocycles. The molecule has 0 unspecified atom stereocenters. The van der Waals surface area contributed by atoms with Gasteiger partial charge in [0, 0.05) is 6.54 Å². The number of hydrogen-bond acceptors (Lipinski definition) is 3. The van der Waals surface area contributed by atoms with Crippen molar-refractivity contribution in [1.29, 1.82) is 0 Å². The fourth-order valence-electron chi connectivity index (χ4n) is 1.64. The number of hydrogen-bond donors (Lipinski definition) is 2. The molecule has 1 aromatic rings. The highest BCUT2D eigenvalue weighted by Crippen LogP contribution is 2.06. The largest absolute Gasteiger partial charge is 0.548 e. The molecule has 0 aliphatic rings. The first-order valence-electron chi connectivity index (χ1n) is 6.33. The van der Waals surface area contributed by atoms with Crippen LogP contribution in [0.3, 0.4) is 0 Å². The first-order valence-corrected chi connectivity index (χ1v) is 6.33.